The van der Waals surface area contributed by atoms with E-state index in [-0.39, 0.29) is 24.7 Å². The van der Waals surface area contributed by atoms with Gasteiger partial charge in [0.2, 0.25) is 17.7 Å². The molecule has 1 aromatic carbocycles. The maximum atomic E-state index is 12.4. The lowest BCUT2D eigenvalue weighted by Crippen LogP contribution is -2.28. The van der Waals surface area contributed by atoms with Crippen LogP contribution in [0.4, 0.5) is 10.8 Å². The molecule has 1 fully saturated rings. The van der Waals surface area contributed by atoms with Gasteiger partial charge in [-0.1, -0.05) is 17.7 Å². The molecule has 1 saturated heterocycles. The number of benzene rings is 1. The van der Waals surface area contributed by atoms with E-state index in [4.69, 9.17) is 5.73 Å². The highest BCUT2D eigenvalue weighted by molar-refractivity contribution is 7.13. The molecule has 1 aliphatic heterocycles. The number of carbonyl (C=O) groups excluding carboxylic acids is 3. The van der Waals surface area contributed by atoms with E-state index in [0.717, 1.165) is 11.3 Å². The third-order valence-electron chi connectivity index (χ3n) is 3.98. The van der Waals surface area contributed by atoms with E-state index in [0.29, 0.717) is 17.4 Å². The van der Waals surface area contributed by atoms with Crippen LogP contribution in [0.15, 0.2) is 29.6 Å². The van der Waals surface area contributed by atoms with Crippen LogP contribution in [0.2, 0.25) is 0 Å². The Morgan fingerprint density at radius 1 is 1.36 bits per heavy atom. The monoisotopic (exact) mass is 358 g/mol. The molecule has 130 valence electrons. The molecule has 1 atom stereocenters. The molecule has 0 aliphatic carbocycles. The number of hydrogen-bond donors (Lipinski definition) is 2. The number of amides is 3. The summed E-state index contributed by atoms with van der Waals surface area (Å²) in [6.45, 7) is 2.32. The molecule has 3 N–H and O–H groups in total. The average Bonchev–Trinajstić information content (AvgIpc) is 3.14. The van der Waals surface area contributed by atoms with E-state index in [1.54, 1.807) is 10.3 Å². The zero-order chi connectivity index (χ0) is 18.0. The van der Waals surface area contributed by atoms with Crippen molar-refractivity contribution in [2.75, 3.05) is 16.8 Å². The zero-order valence-electron chi connectivity index (χ0n) is 13.7. The molecule has 0 radical (unpaired) electrons. The summed E-state index contributed by atoms with van der Waals surface area (Å²) in [5.41, 5.74) is 7.56. The summed E-state index contributed by atoms with van der Waals surface area (Å²) in [7, 11) is 0. The van der Waals surface area contributed by atoms with E-state index in [1.165, 1.54) is 11.3 Å². The Morgan fingerprint density at radius 2 is 2.08 bits per heavy atom. The van der Waals surface area contributed by atoms with Crippen molar-refractivity contribution in [3.63, 3.8) is 0 Å². The minimum atomic E-state index is -0.474. The van der Waals surface area contributed by atoms with Crippen molar-refractivity contribution in [1.29, 1.82) is 0 Å². The molecule has 0 bridgehead atoms. The molecule has 0 saturated carbocycles. The summed E-state index contributed by atoms with van der Waals surface area (Å²) >= 11 is 1.23. The van der Waals surface area contributed by atoms with Gasteiger partial charge in [-0.3, -0.25) is 14.4 Å². The number of aromatic nitrogens is 1. The predicted molar refractivity (Wildman–Crippen MR) is 95.3 cm³/mol. The minimum absolute atomic E-state index is 0.0372. The number of nitrogens with one attached hydrogen (secondary N) is 1. The van der Waals surface area contributed by atoms with Crippen LogP contribution in [-0.4, -0.2) is 29.3 Å². The van der Waals surface area contributed by atoms with Gasteiger partial charge in [0.05, 0.1) is 18.0 Å². The SMILES string of the molecule is Cc1ccc(N2C[C@H](C(=O)Nc3nc(CC(N)=O)cs3)CC2=O)cc1. The molecule has 3 rings (SSSR count). The lowest BCUT2D eigenvalue weighted by atomic mass is 10.1. The third-order valence-corrected chi connectivity index (χ3v) is 4.79. The number of carbonyl (C=O) groups is 3. The van der Waals surface area contributed by atoms with Gasteiger partial charge in [0.25, 0.3) is 0 Å². The van der Waals surface area contributed by atoms with Crippen molar-refractivity contribution in [3.05, 3.63) is 40.9 Å². The van der Waals surface area contributed by atoms with E-state index in [9.17, 15) is 14.4 Å². The van der Waals surface area contributed by atoms with Crippen LogP contribution in [0, 0.1) is 12.8 Å². The van der Waals surface area contributed by atoms with E-state index in [2.05, 4.69) is 10.3 Å². The second kappa shape index (κ2) is 7.02. The van der Waals surface area contributed by atoms with Crippen molar-refractivity contribution >= 4 is 39.9 Å². The molecule has 0 unspecified atom stereocenters. The average molecular weight is 358 g/mol. The van der Waals surface area contributed by atoms with E-state index in [1.807, 2.05) is 31.2 Å². The lowest BCUT2D eigenvalue weighted by molar-refractivity contribution is -0.122. The molecule has 25 heavy (non-hydrogen) atoms. The van der Waals surface area contributed by atoms with E-state index >= 15 is 0 Å². The fourth-order valence-electron chi connectivity index (χ4n) is 2.69. The Labute approximate surface area is 148 Å². The lowest BCUT2D eigenvalue weighted by Gasteiger charge is -2.16. The largest absolute Gasteiger partial charge is 0.369 e. The number of nitrogens with two attached hydrogens (primary N) is 1. The normalized spacial score (nSPS) is 16.9. The van der Waals surface area contributed by atoms with Gasteiger partial charge in [0.1, 0.15) is 0 Å². The highest BCUT2D eigenvalue weighted by atomic mass is 32.1. The molecule has 2 aromatic rings. The van der Waals surface area contributed by atoms with Gasteiger partial charge in [-0.05, 0) is 19.1 Å². The topological polar surface area (TPSA) is 105 Å². The number of nitrogens with zero attached hydrogens (tertiary/aromatic N) is 2. The second-order valence-electron chi connectivity index (χ2n) is 6.02. The fraction of sp³-hybridized carbons (Fsp3) is 0.294. The summed E-state index contributed by atoms with van der Waals surface area (Å²) < 4.78 is 0. The van der Waals surface area contributed by atoms with Crippen molar-refractivity contribution < 1.29 is 14.4 Å². The minimum Gasteiger partial charge on any atom is -0.369 e. The first-order chi connectivity index (χ1) is 11.9. The molecule has 7 nitrogen and oxygen atoms in total. The van der Waals surface area contributed by atoms with Crippen molar-refractivity contribution in [2.24, 2.45) is 11.7 Å². The van der Waals surface area contributed by atoms with Gasteiger partial charge < -0.3 is 16.0 Å². The van der Waals surface area contributed by atoms with Crippen LogP contribution in [-0.2, 0) is 20.8 Å². The smallest absolute Gasteiger partial charge is 0.231 e. The predicted octanol–water partition coefficient (Wildman–Crippen LogP) is 1.47. The van der Waals surface area contributed by atoms with Crippen LogP contribution in [0.3, 0.4) is 0 Å². The van der Waals surface area contributed by atoms with Gasteiger partial charge in [-0.2, -0.15) is 0 Å². The second-order valence-corrected chi connectivity index (χ2v) is 6.88. The number of primary amides is 1. The summed E-state index contributed by atoms with van der Waals surface area (Å²) in [4.78, 5) is 41.3. The molecule has 1 aliphatic rings. The summed E-state index contributed by atoms with van der Waals surface area (Å²) in [6.07, 6.45) is 0.203. The number of anilines is 2. The van der Waals surface area contributed by atoms with E-state index < -0.39 is 11.8 Å². The highest BCUT2D eigenvalue weighted by Crippen LogP contribution is 2.26. The Kier molecular flexibility index (Phi) is 4.80. The molecular formula is C17H18N4O3S. The molecule has 3 amide bonds. The van der Waals surface area contributed by atoms with Gasteiger partial charge in [-0.25, -0.2) is 4.98 Å². The maximum absolute atomic E-state index is 12.4. The van der Waals surface area contributed by atoms with Crippen molar-refractivity contribution in [1.82, 2.24) is 4.98 Å². The third kappa shape index (κ3) is 4.03. The Balaban J connectivity index is 1.63. The van der Waals surface area contributed by atoms with Crippen LogP contribution in [0.5, 0.6) is 0 Å². The number of rotatable bonds is 5. The van der Waals surface area contributed by atoms with Gasteiger partial charge in [0, 0.05) is 24.0 Å². The Hall–Kier alpha value is -2.74. The van der Waals surface area contributed by atoms with Crippen molar-refractivity contribution in [3.8, 4) is 0 Å². The highest BCUT2D eigenvalue weighted by Gasteiger charge is 2.35. The maximum Gasteiger partial charge on any atom is 0.231 e. The standard InChI is InChI=1S/C17H18N4O3S/c1-10-2-4-13(5-3-10)21-8-11(6-15(21)23)16(24)20-17-19-12(9-25-17)7-14(18)22/h2-5,9,11H,6-8H2,1H3,(H2,18,22)(H,19,20,24)/t11-/m1/s1. The Morgan fingerprint density at radius 3 is 2.76 bits per heavy atom. The number of hydrogen-bond acceptors (Lipinski definition) is 5. The van der Waals surface area contributed by atoms with Gasteiger partial charge in [0.15, 0.2) is 5.13 Å². The van der Waals surface area contributed by atoms with Crippen LogP contribution >= 0.6 is 11.3 Å². The fourth-order valence-corrected chi connectivity index (χ4v) is 3.40. The first kappa shape index (κ1) is 17.1. The van der Waals surface area contributed by atoms with Crippen LogP contribution in [0.25, 0.3) is 0 Å². The molecule has 0 spiro atoms. The Bertz CT molecular complexity index is 816. The molecular weight excluding hydrogens is 340 g/mol. The summed E-state index contributed by atoms with van der Waals surface area (Å²) in [5.74, 6) is -1.23. The van der Waals surface area contributed by atoms with Gasteiger partial charge in [-0.15, -0.1) is 11.3 Å². The summed E-state index contributed by atoms with van der Waals surface area (Å²) in [6, 6.07) is 7.63. The molecule has 2 heterocycles. The van der Waals surface area contributed by atoms with Crippen molar-refractivity contribution in [2.45, 2.75) is 19.8 Å². The zero-order valence-corrected chi connectivity index (χ0v) is 14.5. The quantitative estimate of drug-likeness (QED) is 0.844. The first-order valence-electron chi connectivity index (χ1n) is 7.83. The number of aryl methyl sites for hydroxylation is 1. The number of thiazole rings is 1. The molecule has 1 aromatic heterocycles. The molecule has 8 heteroatoms. The summed E-state index contributed by atoms with van der Waals surface area (Å²) in [5, 5.41) is 4.80. The van der Waals surface area contributed by atoms with Gasteiger partial charge >= 0.3 is 0 Å². The van der Waals surface area contributed by atoms with Crippen LogP contribution in [0.1, 0.15) is 17.7 Å². The first-order valence-corrected chi connectivity index (χ1v) is 8.71. The van der Waals surface area contributed by atoms with Crippen LogP contribution < -0.4 is 16.0 Å².